The minimum atomic E-state index is -1.53. The Labute approximate surface area is 195 Å². The molecule has 2 rings (SSSR count). The third-order valence-electron chi connectivity index (χ3n) is 6.47. The summed E-state index contributed by atoms with van der Waals surface area (Å²) in [6.45, 7) is 18.9. The number of hydrogen-bond donors (Lipinski definition) is 0. The zero-order chi connectivity index (χ0) is 24.2. The summed E-state index contributed by atoms with van der Waals surface area (Å²) < 4.78 is 21.9. The normalized spacial score (nSPS) is 28.9. The van der Waals surface area contributed by atoms with Gasteiger partial charge in [0.2, 0.25) is 0 Å². The highest BCUT2D eigenvalue weighted by atomic mass is 28.3. The summed E-state index contributed by atoms with van der Waals surface area (Å²) in [5.41, 5.74) is 3.87. The van der Waals surface area contributed by atoms with Gasteiger partial charge in [0.1, 0.15) is 0 Å². The van der Waals surface area contributed by atoms with E-state index in [1.807, 2.05) is 6.92 Å². The Hall–Kier alpha value is -1.18. The predicted octanol–water partition coefficient (Wildman–Crippen LogP) is 6.11. The molecule has 2 fully saturated rings. The van der Waals surface area contributed by atoms with E-state index >= 15 is 0 Å². The van der Waals surface area contributed by atoms with E-state index in [-0.39, 0.29) is 24.4 Å². The van der Waals surface area contributed by atoms with Crippen LogP contribution in [0.15, 0.2) is 11.3 Å². The van der Waals surface area contributed by atoms with Crippen LogP contribution in [-0.2, 0) is 23.7 Å². The van der Waals surface area contributed by atoms with Gasteiger partial charge < -0.3 is 18.9 Å². The Morgan fingerprint density at radius 1 is 1.12 bits per heavy atom. The van der Waals surface area contributed by atoms with Crippen molar-refractivity contribution in [3.63, 3.8) is 0 Å². The summed E-state index contributed by atoms with van der Waals surface area (Å²) in [4.78, 5) is 24.0. The topological polar surface area (TPSA) is 71.1 Å². The van der Waals surface area contributed by atoms with Crippen molar-refractivity contribution in [1.29, 1.82) is 0 Å². The van der Waals surface area contributed by atoms with Crippen molar-refractivity contribution < 1.29 is 28.5 Å². The minimum Gasteiger partial charge on any atom is -0.434 e. The Balaban J connectivity index is 2.14. The van der Waals surface area contributed by atoms with E-state index in [1.54, 1.807) is 6.92 Å². The minimum absolute atomic E-state index is 0.0465. The van der Waals surface area contributed by atoms with Gasteiger partial charge in [-0.3, -0.25) is 4.79 Å². The van der Waals surface area contributed by atoms with Gasteiger partial charge in [0.25, 0.3) is 0 Å². The number of esters is 1. The van der Waals surface area contributed by atoms with Crippen molar-refractivity contribution in [3.05, 3.63) is 11.3 Å². The van der Waals surface area contributed by atoms with Crippen LogP contribution in [0.2, 0.25) is 19.6 Å². The number of allylic oxidation sites excluding steroid dienone is 1. The van der Waals surface area contributed by atoms with Crippen LogP contribution in [0.3, 0.4) is 0 Å². The molecular weight excluding hydrogens is 424 g/mol. The van der Waals surface area contributed by atoms with E-state index in [0.717, 1.165) is 25.7 Å². The Morgan fingerprint density at radius 3 is 2.31 bits per heavy atom. The molecule has 0 N–H and O–H groups in total. The molecular formula is C25H44O6Si. The fourth-order valence-electron chi connectivity index (χ4n) is 4.68. The standard InChI is InChI=1S/C25H44O6Si/c1-9-28-23(27)31-22(26)14-19-11-10-18(2)20(21(19)15-32(6,7)8)12-13-25(5)29-16-24(3,4)17-30-25/h15,18-20H,9-14,16-17H2,1-8H3/b21-15-/t18-,19+,20+/m1/s1. The molecule has 1 saturated carbocycles. The van der Waals surface area contributed by atoms with Crippen molar-refractivity contribution in [1.82, 2.24) is 0 Å². The van der Waals surface area contributed by atoms with Gasteiger partial charge in [0, 0.05) is 11.8 Å². The van der Waals surface area contributed by atoms with E-state index in [0.29, 0.717) is 25.0 Å². The van der Waals surface area contributed by atoms with Crippen LogP contribution < -0.4 is 0 Å². The van der Waals surface area contributed by atoms with E-state index < -0.39 is 26.0 Å². The molecule has 0 unspecified atom stereocenters. The van der Waals surface area contributed by atoms with E-state index in [9.17, 15) is 9.59 Å². The summed E-state index contributed by atoms with van der Waals surface area (Å²) in [6.07, 6.45) is 3.08. The molecule has 0 aromatic carbocycles. The highest BCUT2D eigenvalue weighted by molar-refractivity contribution is 6.81. The Morgan fingerprint density at radius 2 is 1.75 bits per heavy atom. The van der Waals surface area contributed by atoms with Crippen molar-refractivity contribution in [2.75, 3.05) is 19.8 Å². The summed E-state index contributed by atoms with van der Waals surface area (Å²) in [5.74, 6) is -0.0653. The third kappa shape index (κ3) is 8.30. The molecule has 0 spiro atoms. The first kappa shape index (κ1) is 27.1. The van der Waals surface area contributed by atoms with Crippen LogP contribution in [0.1, 0.15) is 66.7 Å². The first-order chi connectivity index (χ1) is 14.7. The molecule has 0 aromatic rings. The van der Waals surface area contributed by atoms with E-state index in [1.165, 1.54) is 5.57 Å². The molecule has 1 heterocycles. The first-order valence-electron chi connectivity index (χ1n) is 12.1. The number of carbonyl (C=O) groups excluding carboxylic acids is 2. The lowest BCUT2D eigenvalue weighted by molar-refractivity contribution is -0.293. The second-order valence-electron chi connectivity index (χ2n) is 11.6. The molecule has 32 heavy (non-hydrogen) atoms. The highest BCUT2D eigenvalue weighted by Gasteiger charge is 2.40. The maximum atomic E-state index is 12.4. The summed E-state index contributed by atoms with van der Waals surface area (Å²) in [6, 6.07) is 0. The highest BCUT2D eigenvalue weighted by Crippen LogP contribution is 2.45. The maximum absolute atomic E-state index is 12.4. The number of rotatable bonds is 7. The zero-order valence-electron chi connectivity index (χ0n) is 21.4. The molecule has 0 amide bonds. The maximum Gasteiger partial charge on any atom is 0.516 e. The number of hydrogen-bond acceptors (Lipinski definition) is 6. The zero-order valence-corrected chi connectivity index (χ0v) is 22.4. The van der Waals surface area contributed by atoms with Gasteiger partial charge in [-0.05, 0) is 50.9 Å². The first-order valence-corrected chi connectivity index (χ1v) is 15.7. The van der Waals surface area contributed by atoms with Crippen LogP contribution in [0.25, 0.3) is 0 Å². The lowest BCUT2D eigenvalue weighted by atomic mass is 9.68. The molecule has 0 bridgehead atoms. The lowest BCUT2D eigenvalue weighted by Crippen LogP contribution is -2.46. The van der Waals surface area contributed by atoms with Crippen LogP contribution in [0.5, 0.6) is 0 Å². The second kappa shape index (κ2) is 10.8. The fourth-order valence-corrected chi connectivity index (χ4v) is 6.13. The molecule has 2 aliphatic rings. The largest absolute Gasteiger partial charge is 0.516 e. The van der Waals surface area contributed by atoms with E-state index in [2.05, 4.69) is 46.1 Å². The quantitative estimate of drug-likeness (QED) is 0.255. The fraction of sp³-hybridized carbons (Fsp3) is 0.840. The molecule has 3 atom stereocenters. The van der Waals surface area contributed by atoms with Gasteiger partial charge >= 0.3 is 12.1 Å². The summed E-state index contributed by atoms with van der Waals surface area (Å²) in [7, 11) is -1.53. The Bertz CT molecular complexity index is 683. The van der Waals surface area contributed by atoms with Gasteiger partial charge in [-0.2, -0.15) is 0 Å². The Kier molecular flexibility index (Phi) is 9.16. The SMILES string of the molecule is CCOC(=O)OC(=O)C[C@@H]1CC[C@@H](C)[C@H](CCC2(C)OCC(C)(C)CO2)/C1=C\[Si](C)(C)C. The monoisotopic (exact) mass is 468 g/mol. The molecule has 184 valence electrons. The van der Waals surface area contributed by atoms with E-state index in [4.69, 9.17) is 18.9 Å². The molecule has 1 aliphatic carbocycles. The molecule has 6 nitrogen and oxygen atoms in total. The summed E-state index contributed by atoms with van der Waals surface area (Å²) >= 11 is 0. The average molecular weight is 469 g/mol. The second-order valence-corrected chi connectivity index (χ2v) is 16.7. The molecule has 0 radical (unpaired) electrons. The lowest BCUT2D eigenvalue weighted by Gasteiger charge is -2.44. The van der Waals surface area contributed by atoms with Crippen molar-refractivity contribution in [2.45, 2.75) is 92.2 Å². The third-order valence-corrected chi connectivity index (χ3v) is 7.67. The van der Waals surface area contributed by atoms with Crippen LogP contribution in [0, 0.1) is 23.2 Å². The van der Waals surface area contributed by atoms with Gasteiger partial charge in [-0.15, -0.1) is 0 Å². The van der Waals surface area contributed by atoms with Crippen molar-refractivity contribution in [2.24, 2.45) is 23.2 Å². The van der Waals surface area contributed by atoms with Gasteiger partial charge in [-0.25, -0.2) is 4.79 Å². The average Bonchev–Trinajstić information content (AvgIpc) is 2.65. The van der Waals surface area contributed by atoms with Crippen molar-refractivity contribution in [3.8, 4) is 0 Å². The number of ether oxygens (including phenoxy) is 4. The molecule has 7 heteroatoms. The smallest absolute Gasteiger partial charge is 0.434 e. The molecule has 1 saturated heterocycles. The van der Waals surface area contributed by atoms with Gasteiger partial charge in [-0.1, -0.05) is 51.7 Å². The van der Waals surface area contributed by atoms with Crippen LogP contribution in [-0.4, -0.2) is 45.8 Å². The molecule has 1 aliphatic heterocycles. The van der Waals surface area contributed by atoms with Crippen molar-refractivity contribution >= 4 is 20.2 Å². The van der Waals surface area contributed by atoms with Gasteiger partial charge in [0.15, 0.2) is 5.79 Å². The molecule has 0 aromatic heterocycles. The summed E-state index contributed by atoms with van der Waals surface area (Å²) in [5, 5.41) is 0. The number of carbonyl (C=O) groups is 2. The van der Waals surface area contributed by atoms with Crippen LogP contribution in [0.4, 0.5) is 4.79 Å². The predicted molar refractivity (Wildman–Crippen MR) is 128 cm³/mol. The van der Waals surface area contributed by atoms with Crippen LogP contribution >= 0.6 is 0 Å². The van der Waals surface area contributed by atoms with Gasteiger partial charge in [0.05, 0.1) is 34.3 Å².